The molecule has 7 heteroatoms. The predicted molar refractivity (Wildman–Crippen MR) is 69.7 cm³/mol. The number of carboxylic acid groups (broad SMARTS) is 1. The van der Waals surface area contributed by atoms with Crippen molar-refractivity contribution in [3.05, 3.63) is 18.2 Å². The minimum Gasteiger partial charge on any atom is -0.480 e. The summed E-state index contributed by atoms with van der Waals surface area (Å²) in [6, 6.07) is -1.47. The van der Waals surface area contributed by atoms with Gasteiger partial charge in [-0.3, -0.25) is 0 Å². The highest BCUT2D eigenvalue weighted by Gasteiger charge is 2.21. The van der Waals surface area contributed by atoms with Crippen molar-refractivity contribution >= 4 is 12.0 Å². The van der Waals surface area contributed by atoms with E-state index in [-0.39, 0.29) is 11.8 Å². The molecule has 0 aliphatic heterocycles. The molecular formula is C12H20N4O3. The molecule has 0 saturated heterocycles. The largest absolute Gasteiger partial charge is 0.480 e. The van der Waals surface area contributed by atoms with Crippen LogP contribution in [0.15, 0.2) is 12.5 Å². The van der Waals surface area contributed by atoms with E-state index in [1.807, 2.05) is 20.8 Å². The first-order valence-corrected chi connectivity index (χ1v) is 6.02. The highest BCUT2D eigenvalue weighted by Crippen LogP contribution is 2.10. The van der Waals surface area contributed by atoms with E-state index in [0.29, 0.717) is 12.2 Å². The van der Waals surface area contributed by atoms with Gasteiger partial charge >= 0.3 is 12.0 Å². The summed E-state index contributed by atoms with van der Waals surface area (Å²) in [5.74, 6) is -1.08. The van der Waals surface area contributed by atoms with Gasteiger partial charge in [0.05, 0.1) is 6.33 Å². The molecule has 7 nitrogen and oxygen atoms in total. The van der Waals surface area contributed by atoms with Crippen molar-refractivity contribution in [2.24, 2.45) is 5.41 Å². The molecule has 1 heterocycles. The average Bonchev–Trinajstić information content (AvgIpc) is 2.77. The van der Waals surface area contributed by atoms with E-state index in [1.54, 1.807) is 0 Å². The number of nitrogens with zero attached hydrogens (tertiary/aromatic N) is 1. The number of urea groups is 1. The molecule has 0 fully saturated rings. The Morgan fingerprint density at radius 2 is 2.16 bits per heavy atom. The monoisotopic (exact) mass is 268 g/mol. The predicted octanol–water partition coefficient (Wildman–Crippen LogP) is 0.751. The summed E-state index contributed by atoms with van der Waals surface area (Å²) in [5, 5.41) is 14.2. The number of hydrogen-bond donors (Lipinski definition) is 4. The molecule has 0 spiro atoms. The Morgan fingerprint density at radius 1 is 1.47 bits per heavy atom. The Kier molecular flexibility index (Phi) is 4.91. The minimum atomic E-state index is -1.08. The fourth-order valence-electron chi connectivity index (χ4n) is 1.37. The number of rotatable bonds is 5. The van der Waals surface area contributed by atoms with Crippen molar-refractivity contribution in [3.8, 4) is 0 Å². The van der Waals surface area contributed by atoms with Crippen LogP contribution in [0.2, 0.25) is 0 Å². The summed E-state index contributed by atoms with van der Waals surface area (Å²) < 4.78 is 0. The van der Waals surface area contributed by atoms with E-state index in [0.717, 1.165) is 0 Å². The van der Waals surface area contributed by atoms with Crippen LogP contribution < -0.4 is 10.6 Å². The van der Waals surface area contributed by atoms with Gasteiger partial charge in [0.15, 0.2) is 0 Å². The summed E-state index contributed by atoms with van der Waals surface area (Å²) in [6.45, 7) is 6.40. The number of aliphatic carboxylic acids is 1. The molecule has 106 valence electrons. The van der Waals surface area contributed by atoms with E-state index < -0.39 is 18.0 Å². The number of imidazole rings is 1. The van der Waals surface area contributed by atoms with Crippen molar-refractivity contribution in [3.63, 3.8) is 0 Å². The van der Waals surface area contributed by atoms with Crippen molar-refractivity contribution in [1.82, 2.24) is 20.6 Å². The van der Waals surface area contributed by atoms with E-state index in [9.17, 15) is 9.59 Å². The summed E-state index contributed by atoms with van der Waals surface area (Å²) in [7, 11) is 0. The van der Waals surface area contributed by atoms with Crippen molar-refractivity contribution in [1.29, 1.82) is 0 Å². The molecular weight excluding hydrogens is 248 g/mol. The first kappa shape index (κ1) is 15.0. The fourth-order valence-corrected chi connectivity index (χ4v) is 1.37. The molecule has 1 rings (SSSR count). The number of nitrogens with one attached hydrogen (secondary N) is 3. The maximum absolute atomic E-state index is 11.6. The van der Waals surface area contributed by atoms with Gasteiger partial charge in [-0.1, -0.05) is 20.8 Å². The van der Waals surface area contributed by atoms with Crippen LogP contribution in [0.25, 0.3) is 0 Å². The van der Waals surface area contributed by atoms with Crippen molar-refractivity contribution in [2.45, 2.75) is 33.2 Å². The Labute approximate surface area is 111 Å². The third-order valence-corrected chi connectivity index (χ3v) is 2.36. The van der Waals surface area contributed by atoms with Crippen LogP contribution in [0.3, 0.4) is 0 Å². The fraction of sp³-hybridized carbons (Fsp3) is 0.583. The normalized spacial score (nSPS) is 12.8. The number of carbonyl (C=O) groups is 2. The highest BCUT2D eigenvalue weighted by atomic mass is 16.4. The topological polar surface area (TPSA) is 107 Å². The molecule has 1 atom stereocenters. The number of aromatic nitrogens is 2. The maximum Gasteiger partial charge on any atom is 0.326 e. The molecule has 1 unspecified atom stereocenters. The summed E-state index contributed by atoms with van der Waals surface area (Å²) in [6.07, 6.45) is 3.16. The SMILES string of the molecule is CC(C)(C)CNC(=O)NC(Cc1cnc[nH]1)C(=O)O. The number of H-pyrrole nitrogens is 1. The van der Waals surface area contributed by atoms with Crippen molar-refractivity contribution in [2.75, 3.05) is 6.54 Å². The highest BCUT2D eigenvalue weighted by molar-refractivity contribution is 5.82. The van der Waals surface area contributed by atoms with Gasteiger partial charge in [0.2, 0.25) is 0 Å². The number of hydrogen-bond acceptors (Lipinski definition) is 3. The van der Waals surface area contributed by atoms with Crippen molar-refractivity contribution < 1.29 is 14.7 Å². The Balaban J connectivity index is 2.49. The zero-order valence-electron chi connectivity index (χ0n) is 11.4. The first-order valence-electron chi connectivity index (χ1n) is 6.02. The molecule has 2 amide bonds. The van der Waals surface area contributed by atoms with Gasteiger partial charge in [-0.25, -0.2) is 14.6 Å². The second-order valence-electron chi connectivity index (χ2n) is 5.56. The molecule has 0 saturated carbocycles. The molecule has 1 aromatic rings. The molecule has 0 bridgehead atoms. The van der Waals surface area contributed by atoms with Gasteiger partial charge in [-0.05, 0) is 5.41 Å². The van der Waals surface area contributed by atoms with Crippen LogP contribution in [0.4, 0.5) is 4.79 Å². The van der Waals surface area contributed by atoms with Crippen LogP contribution in [-0.2, 0) is 11.2 Å². The van der Waals surface area contributed by atoms with Gasteiger partial charge < -0.3 is 20.7 Å². The molecule has 0 aromatic carbocycles. The second kappa shape index (κ2) is 6.21. The molecule has 19 heavy (non-hydrogen) atoms. The number of amides is 2. The second-order valence-corrected chi connectivity index (χ2v) is 5.56. The van der Waals surface area contributed by atoms with Gasteiger partial charge in [0.1, 0.15) is 6.04 Å². The maximum atomic E-state index is 11.6. The quantitative estimate of drug-likeness (QED) is 0.632. The van der Waals surface area contributed by atoms with Crippen LogP contribution in [0, 0.1) is 5.41 Å². The van der Waals surface area contributed by atoms with E-state index in [1.165, 1.54) is 12.5 Å². The molecule has 0 aliphatic carbocycles. The molecule has 1 aromatic heterocycles. The Hall–Kier alpha value is -2.05. The summed E-state index contributed by atoms with van der Waals surface area (Å²) in [4.78, 5) is 29.3. The standard InChI is InChI=1S/C12H20N4O3/c1-12(2,3)6-14-11(19)16-9(10(17)18)4-8-5-13-7-15-8/h5,7,9H,4,6H2,1-3H3,(H,13,15)(H,17,18)(H2,14,16,19). The van der Waals surface area contributed by atoms with E-state index in [2.05, 4.69) is 20.6 Å². The number of carboxylic acids is 1. The van der Waals surface area contributed by atoms with Crippen LogP contribution in [-0.4, -0.2) is 39.7 Å². The first-order chi connectivity index (χ1) is 8.78. The summed E-state index contributed by atoms with van der Waals surface area (Å²) in [5.41, 5.74) is 0.600. The lowest BCUT2D eigenvalue weighted by Gasteiger charge is -2.20. The third-order valence-electron chi connectivity index (χ3n) is 2.36. The van der Waals surface area contributed by atoms with Crippen LogP contribution in [0.5, 0.6) is 0 Å². The average molecular weight is 268 g/mol. The third kappa shape index (κ3) is 5.89. The van der Waals surface area contributed by atoms with Crippen LogP contribution in [0.1, 0.15) is 26.5 Å². The van der Waals surface area contributed by atoms with Gasteiger partial charge in [0.25, 0.3) is 0 Å². The van der Waals surface area contributed by atoms with Crippen LogP contribution >= 0.6 is 0 Å². The smallest absolute Gasteiger partial charge is 0.326 e. The van der Waals surface area contributed by atoms with Gasteiger partial charge in [-0.15, -0.1) is 0 Å². The lowest BCUT2D eigenvalue weighted by atomic mass is 9.97. The minimum absolute atomic E-state index is 0.0561. The lowest BCUT2D eigenvalue weighted by molar-refractivity contribution is -0.139. The Morgan fingerprint density at radius 3 is 2.63 bits per heavy atom. The number of aromatic amines is 1. The zero-order valence-corrected chi connectivity index (χ0v) is 11.4. The lowest BCUT2D eigenvalue weighted by Crippen LogP contribution is -2.48. The number of carbonyl (C=O) groups excluding carboxylic acids is 1. The molecule has 0 radical (unpaired) electrons. The molecule has 0 aliphatic rings. The molecule has 4 N–H and O–H groups in total. The Bertz CT molecular complexity index is 423. The van der Waals surface area contributed by atoms with E-state index >= 15 is 0 Å². The van der Waals surface area contributed by atoms with Gasteiger partial charge in [0, 0.05) is 24.9 Å². The summed E-state index contributed by atoms with van der Waals surface area (Å²) >= 11 is 0. The van der Waals surface area contributed by atoms with E-state index in [4.69, 9.17) is 5.11 Å². The van der Waals surface area contributed by atoms with Gasteiger partial charge in [-0.2, -0.15) is 0 Å². The zero-order chi connectivity index (χ0) is 14.5.